The van der Waals surface area contributed by atoms with E-state index in [1.807, 2.05) is 6.07 Å². The molecule has 0 unspecified atom stereocenters. The van der Waals surface area contributed by atoms with Crippen molar-refractivity contribution in [1.29, 1.82) is 0 Å². The van der Waals surface area contributed by atoms with E-state index in [2.05, 4.69) is 38.9 Å². The van der Waals surface area contributed by atoms with E-state index in [0.29, 0.717) is 17.0 Å². The molecule has 0 saturated carbocycles. The fraction of sp³-hybridized carbons (Fsp3) is 0.238. The Morgan fingerprint density at radius 3 is 2.68 bits per heavy atom. The van der Waals surface area contributed by atoms with Gasteiger partial charge in [0.15, 0.2) is 0 Å². The van der Waals surface area contributed by atoms with Crippen LogP contribution in [0.3, 0.4) is 0 Å². The van der Waals surface area contributed by atoms with Gasteiger partial charge < -0.3 is 20.5 Å². The summed E-state index contributed by atoms with van der Waals surface area (Å²) >= 11 is 0. The van der Waals surface area contributed by atoms with Gasteiger partial charge in [0.05, 0.1) is 27.8 Å². The van der Waals surface area contributed by atoms with E-state index in [1.165, 1.54) is 17.8 Å². The summed E-state index contributed by atoms with van der Waals surface area (Å²) in [7, 11) is 2.15. The molecule has 2 aromatic carbocycles. The van der Waals surface area contributed by atoms with Crippen molar-refractivity contribution < 1.29 is 4.39 Å². The highest BCUT2D eigenvalue weighted by molar-refractivity contribution is 5.98. The third-order valence-corrected chi connectivity index (χ3v) is 5.46. The van der Waals surface area contributed by atoms with Crippen molar-refractivity contribution in [3.63, 3.8) is 0 Å². The van der Waals surface area contributed by atoms with E-state index in [-0.39, 0.29) is 5.82 Å². The minimum atomic E-state index is -0.327. The molecule has 3 N–H and O–H groups in total. The van der Waals surface area contributed by atoms with Crippen LogP contribution in [0, 0.1) is 5.82 Å². The van der Waals surface area contributed by atoms with Crippen LogP contribution < -0.4 is 10.6 Å². The quantitative estimate of drug-likeness (QED) is 0.562. The Labute approximate surface area is 161 Å². The molecule has 4 aromatic rings. The van der Waals surface area contributed by atoms with Gasteiger partial charge in [0.1, 0.15) is 11.6 Å². The number of benzene rings is 2. The van der Waals surface area contributed by atoms with Gasteiger partial charge in [0.25, 0.3) is 0 Å². The maximum atomic E-state index is 13.4. The molecule has 1 aliphatic heterocycles. The molecule has 0 radical (unpaired) electrons. The second kappa shape index (κ2) is 6.45. The molecular weight excluding hydrogens is 355 g/mol. The number of H-pyrrole nitrogens is 1. The van der Waals surface area contributed by atoms with Crippen molar-refractivity contribution in [2.75, 3.05) is 43.9 Å². The summed E-state index contributed by atoms with van der Waals surface area (Å²) in [6, 6.07) is 10.7. The third-order valence-electron chi connectivity index (χ3n) is 5.46. The molecule has 142 valence electrons. The smallest absolute Gasteiger partial charge is 0.142 e. The Hall–Kier alpha value is -3.19. The lowest BCUT2D eigenvalue weighted by Crippen LogP contribution is -2.44. The maximum absolute atomic E-state index is 13.4. The number of rotatable bonds is 2. The molecule has 0 spiro atoms. The van der Waals surface area contributed by atoms with Gasteiger partial charge in [-0.15, -0.1) is 0 Å². The van der Waals surface area contributed by atoms with Crippen LogP contribution in [-0.2, 0) is 0 Å². The average molecular weight is 376 g/mol. The number of hydrogen-bond acceptors (Lipinski definition) is 5. The number of nitrogens with two attached hydrogens (primary N) is 1. The number of aromatic nitrogens is 3. The van der Waals surface area contributed by atoms with Crippen LogP contribution in [0.1, 0.15) is 0 Å². The highest BCUT2D eigenvalue weighted by Crippen LogP contribution is 2.32. The van der Waals surface area contributed by atoms with Crippen LogP contribution in [0.4, 0.5) is 15.8 Å². The predicted octanol–water partition coefficient (Wildman–Crippen LogP) is 3.25. The van der Waals surface area contributed by atoms with E-state index in [4.69, 9.17) is 10.7 Å². The maximum Gasteiger partial charge on any atom is 0.142 e. The lowest BCUT2D eigenvalue weighted by molar-refractivity contribution is 0.313. The number of piperazine rings is 1. The molecule has 0 atom stereocenters. The summed E-state index contributed by atoms with van der Waals surface area (Å²) in [6.07, 6.45) is 1.65. The fourth-order valence-corrected chi connectivity index (χ4v) is 3.76. The number of imidazole rings is 1. The first-order valence-corrected chi connectivity index (χ1v) is 9.36. The van der Waals surface area contributed by atoms with Gasteiger partial charge in [0.2, 0.25) is 0 Å². The summed E-state index contributed by atoms with van der Waals surface area (Å²) in [5.74, 6) is 0.342. The molecule has 6 nitrogen and oxygen atoms in total. The Kier molecular flexibility index (Phi) is 3.91. The number of fused-ring (bicyclic) bond motifs is 2. The first-order valence-electron chi connectivity index (χ1n) is 9.36. The van der Waals surface area contributed by atoms with Gasteiger partial charge >= 0.3 is 0 Å². The Balaban J connectivity index is 1.54. The predicted molar refractivity (Wildman–Crippen MR) is 111 cm³/mol. The number of aromatic amines is 1. The number of nitrogen functional groups attached to an aromatic ring is 1. The molecule has 28 heavy (non-hydrogen) atoms. The van der Waals surface area contributed by atoms with Crippen LogP contribution in [0.25, 0.3) is 33.3 Å². The lowest BCUT2D eigenvalue weighted by atomic mass is 10.1. The van der Waals surface area contributed by atoms with E-state index < -0.39 is 0 Å². The SMILES string of the molecule is CN1CCN(c2ccc3nc(-c4cnc5cc(F)ccc5c4N)[nH]c3c2)CC1. The van der Waals surface area contributed by atoms with Gasteiger partial charge in [-0.1, -0.05) is 0 Å². The largest absolute Gasteiger partial charge is 0.398 e. The number of nitrogens with zero attached hydrogens (tertiary/aromatic N) is 4. The minimum absolute atomic E-state index is 0.327. The molecule has 1 fully saturated rings. The van der Waals surface area contributed by atoms with Crippen molar-refractivity contribution >= 4 is 33.3 Å². The number of likely N-dealkylation sites (N-methyl/N-ethyl adjacent to an activating group) is 1. The van der Waals surface area contributed by atoms with Gasteiger partial charge in [-0.05, 0) is 37.4 Å². The lowest BCUT2D eigenvalue weighted by Gasteiger charge is -2.34. The minimum Gasteiger partial charge on any atom is -0.398 e. The topological polar surface area (TPSA) is 74.1 Å². The molecule has 0 aliphatic carbocycles. The zero-order valence-electron chi connectivity index (χ0n) is 15.6. The molecule has 0 bridgehead atoms. The van der Waals surface area contributed by atoms with Crippen LogP contribution in [0.15, 0.2) is 42.6 Å². The summed E-state index contributed by atoms with van der Waals surface area (Å²) in [4.78, 5) is 17.1. The van der Waals surface area contributed by atoms with E-state index in [9.17, 15) is 4.39 Å². The highest BCUT2D eigenvalue weighted by atomic mass is 19.1. The Morgan fingerprint density at radius 2 is 1.86 bits per heavy atom. The molecule has 1 saturated heterocycles. The van der Waals surface area contributed by atoms with E-state index >= 15 is 0 Å². The van der Waals surface area contributed by atoms with Crippen LogP contribution in [0.5, 0.6) is 0 Å². The zero-order valence-corrected chi connectivity index (χ0v) is 15.6. The molecule has 1 aliphatic rings. The number of hydrogen-bond donors (Lipinski definition) is 2. The molecule has 3 heterocycles. The van der Waals surface area contributed by atoms with Crippen molar-refractivity contribution in [1.82, 2.24) is 19.9 Å². The van der Waals surface area contributed by atoms with E-state index in [0.717, 1.165) is 48.2 Å². The Bertz CT molecular complexity index is 1180. The van der Waals surface area contributed by atoms with Crippen molar-refractivity contribution in [2.45, 2.75) is 0 Å². The van der Waals surface area contributed by atoms with Crippen LogP contribution in [0.2, 0.25) is 0 Å². The summed E-state index contributed by atoms with van der Waals surface area (Å²) < 4.78 is 13.4. The van der Waals surface area contributed by atoms with E-state index in [1.54, 1.807) is 12.3 Å². The first-order chi connectivity index (χ1) is 13.6. The molecule has 5 rings (SSSR count). The van der Waals surface area contributed by atoms with Crippen molar-refractivity contribution in [3.05, 3.63) is 48.4 Å². The highest BCUT2D eigenvalue weighted by Gasteiger charge is 2.16. The fourth-order valence-electron chi connectivity index (χ4n) is 3.76. The van der Waals surface area contributed by atoms with Gasteiger partial charge in [-0.3, -0.25) is 4.98 Å². The first kappa shape index (κ1) is 16.9. The van der Waals surface area contributed by atoms with Crippen molar-refractivity contribution in [3.8, 4) is 11.4 Å². The van der Waals surface area contributed by atoms with Crippen molar-refractivity contribution in [2.24, 2.45) is 0 Å². The average Bonchev–Trinajstić information content (AvgIpc) is 3.11. The molecule has 7 heteroatoms. The summed E-state index contributed by atoms with van der Waals surface area (Å²) in [6.45, 7) is 4.15. The van der Waals surface area contributed by atoms with Gasteiger partial charge in [0, 0.05) is 49.5 Å². The second-order valence-corrected chi connectivity index (χ2v) is 7.32. The molecular formula is C21H21FN6. The molecule has 0 amide bonds. The summed E-state index contributed by atoms with van der Waals surface area (Å²) in [5.41, 5.74) is 11.2. The van der Waals surface area contributed by atoms with Gasteiger partial charge in [-0.2, -0.15) is 0 Å². The number of halogens is 1. The molecule has 2 aromatic heterocycles. The third kappa shape index (κ3) is 2.84. The number of pyridine rings is 1. The van der Waals surface area contributed by atoms with Gasteiger partial charge in [-0.25, -0.2) is 9.37 Å². The Morgan fingerprint density at radius 1 is 1.04 bits per heavy atom. The summed E-state index contributed by atoms with van der Waals surface area (Å²) in [5, 5.41) is 0.720. The standard InChI is InChI=1S/C21H21FN6/c1-27-6-8-28(9-7-27)14-3-5-17-19(11-14)26-21(25-17)16-12-24-18-10-13(22)2-4-15(18)20(16)23/h2-5,10-12H,6-9H2,1H3,(H2,23,24)(H,25,26). The monoisotopic (exact) mass is 376 g/mol. The van der Waals surface area contributed by atoms with Crippen LogP contribution >= 0.6 is 0 Å². The normalized spacial score (nSPS) is 15.6. The number of nitrogens with one attached hydrogen (secondary N) is 1. The zero-order chi connectivity index (χ0) is 19.3. The second-order valence-electron chi connectivity index (χ2n) is 7.32. The van der Waals surface area contributed by atoms with Crippen LogP contribution in [-0.4, -0.2) is 53.1 Å². The number of anilines is 2.